The molecule has 2 N–H and O–H groups in total. The summed E-state index contributed by atoms with van der Waals surface area (Å²) >= 11 is 1.34. The summed E-state index contributed by atoms with van der Waals surface area (Å²) in [6.45, 7) is 2.69. The molecule has 1 heterocycles. The summed E-state index contributed by atoms with van der Waals surface area (Å²) < 4.78 is 13.0. The number of benzene rings is 2. The maximum Gasteiger partial charge on any atom is 0.230 e. The molecule has 0 aliphatic carbocycles. The SMILES string of the molecule is Cc1ccccc1CCNC(=O)CSc1ncc(-c2ccc(F)cc2)[nH]1. The van der Waals surface area contributed by atoms with Crippen LogP contribution in [0.2, 0.25) is 0 Å². The molecule has 134 valence electrons. The summed E-state index contributed by atoms with van der Waals surface area (Å²) in [7, 11) is 0. The Morgan fingerprint density at radius 1 is 1.19 bits per heavy atom. The number of nitrogens with one attached hydrogen (secondary N) is 2. The molecule has 1 amide bonds. The zero-order valence-corrected chi connectivity index (χ0v) is 15.3. The Balaban J connectivity index is 1.45. The van der Waals surface area contributed by atoms with Crippen LogP contribution in [-0.2, 0) is 11.2 Å². The van der Waals surface area contributed by atoms with Crippen LogP contribution in [-0.4, -0.2) is 28.2 Å². The highest BCUT2D eigenvalue weighted by Gasteiger charge is 2.07. The molecule has 0 bridgehead atoms. The fraction of sp³-hybridized carbons (Fsp3) is 0.200. The van der Waals surface area contributed by atoms with E-state index in [0.717, 1.165) is 17.7 Å². The molecule has 1 aromatic heterocycles. The largest absolute Gasteiger partial charge is 0.355 e. The van der Waals surface area contributed by atoms with Gasteiger partial charge in [0.1, 0.15) is 5.82 Å². The first kappa shape index (κ1) is 18.2. The average molecular weight is 369 g/mol. The van der Waals surface area contributed by atoms with Gasteiger partial charge in [-0.3, -0.25) is 4.79 Å². The lowest BCUT2D eigenvalue weighted by atomic mass is 10.1. The van der Waals surface area contributed by atoms with Gasteiger partial charge in [-0.2, -0.15) is 0 Å². The molecule has 0 aliphatic heterocycles. The highest BCUT2D eigenvalue weighted by atomic mass is 32.2. The molecule has 4 nitrogen and oxygen atoms in total. The third kappa shape index (κ3) is 4.95. The molecule has 0 fully saturated rings. The van der Waals surface area contributed by atoms with E-state index in [9.17, 15) is 9.18 Å². The zero-order valence-electron chi connectivity index (χ0n) is 14.5. The Morgan fingerprint density at radius 3 is 2.73 bits per heavy atom. The molecular formula is C20H20FN3OS. The predicted molar refractivity (Wildman–Crippen MR) is 103 cm³/mol. The molecule has 0 atom stereocenters. The number of halogens is 1. The van der Waals surface area contributed by atoms with Crippen LogP contribution in [0.3, 0.4) is 0 Å². The van der Waals surface area contributed by atoms with Gasteiger partial charge in [0.15, 0.2) is 5.16 Å². The number of hydrogen-bond acceptors (Lipinski definition) is 3. The van der Waals surface area contributed by atoms with Crippen LogP contribution in [0.15, 0.2) is 59.9 Å². The van der Waals surface area contributed by atoms with Crippen molar-refractivity contribution in [2.75, 3.05) is 12.3 Å². The number of carbonyl (C=O) groups excluding carboxylic acids is 1. The number of aryl methyl sites for hydroxylation is 1. The topological polar surface area (TPSA) is 57.8 Å². The smallest absolute Gasteiger partial charge is 0.230 e. The van der Waals surface area contributed by atoms with Crippen LogP contribution < -0.4 is 5.32 Å². The average Bonchev–Trinajstić information content (AvgIpc) is 3.11. The number of aromatic amines is 1. The molecule has 6 heteroatoms. The monoisotopic (exact) mass is 369 g/mol. The van der Waals surface area contributed by atoms with Gasteiger partial charge < -0.3 is 10.3 Å². The lowest BCUT2D eigenvalue weighted by Crippen LogP contribution is -2.27. The van der Waals surface area contributed by atoms with Crippen molar-refractivity contribution >= 4 is 17.7 Å². The Labute approximate surface area is 156 Å². The van der Waals surface area contributed by atoms with Crippen LogP contribution in [0.25, 0.3) is 11.3 Å². The van der Waals surface area contributed by atoms with E-state index in [-0.39, 0.29) is 11.7 Å². The third-order valence-corrected chi connectivity index (χ3v) is 4.91. The first-order valence-electron chi connectivity index (χ1n) is 8.37. The lowest BCUT2D eigenvalue weighted by molar-refractivity contribution is -0.118. The van der Waals surface area contributed by atoms with Crippen molar-refractivity contribution < 1.29 is 9.18 Å². The van der Waals surface area contributed by atoms with Crippen molar-refractivity contribution in [1.82, 2.24) is 15.3 Å². The van der Waals surface area contributed by atoms with Crippen molar-refractivity contribution in [2.24, 2.45) is 0 Å². The number of imidazole rings is 1. The van der Waals surface area contributed by atoms with Gasteiger partial charge in [-0.05, 0) is 54.3 Å². The highest BCUT2D eigenvalue weighted by Crippen LogP contribution is 2.21. The second-order valence-electron chi connectivity index (χ2n) is 5.92. The van der Waals surface area contributed by atoms with E-state index in [4.69, 9.17) is 0 Å². The van der Waals surface area contributed by atoms with Gasteiger partial charge in [0.2, 0.25) is 5.91 Å². The van der Waals surface area contributed by atoms with Gasteiger partial charge in [-0.1, -0.05) is 36.0 Å². The lowest BCUT2D eigenvalue weighted by Gasteiger charge is -2.07. The molecule has 0 radical (unpaired) electrons. The quantitative estimate of drug-likeness (QED) is 0.620. The standard InChI is InChI=1S/C20H20FN3OS/c1-14-4-2-3-5-15(14)10-11-22-19(25)13-26-20-23-12-18(24-20)16-6-8-17(21)9-7-16/h2-9,12H,10-11,13H2,1H3,(H,22,25)(H,23,24). The Bertz CT molecular complexity index is 877. The number of nitrogens with zero attached hydrogens (tertiary/aromatic N) is 1. The van der Waals surface area contributed by atoms with E-state index in [1.807, 2.05) is 12.1 Å². The Kier molecular flexibility index (Phi) is 6.07. The zero-order chi connectivity index (χ0) is 18.4. The number of rotatable bonds is 7. The van der Waals surface area contributed by atoms with Crippen LogP contribution in [0, 0.1) is 12.7 Å². The van der Waals surface area contributed by atoms with E-state index < -0.39 is 0 Å². The number of thioether (sulfide) groups is 1. The number of carbonyl (C=O) groups is 1. The Hall–Kier alpha value is -2.60. The summed E-state index contributed by atoms with van der Waals surface area (Å²) in [5, 5.41) is 3.60. The van der Waals surface area contributed by atoms with Crippen molar-refractivity contribution in [3.63, 3.8) is 0 Å². The van der Waals surface area contributed by atoms with Gasteiger partial charge in [0.05, 0.1) is 17.6 Å². The summed E-state index contributed by atoms with van der Waals surface area (Å²) in [6, 6.07) is 14.4. The molecule has 0 saturated heterocycles. The van der Waals surface area contributed by atoms with Crippen molar-refractivity contribution in [1.29, 1.82) is 0 Å². The van der Waals surface area contributed by atoms with E-state index in [1.54, 1.807) is 18.3 Å². The van der Waals surface area contributed by atoms with Crippen molar-refractivity contribution in [2.45, 2.75) is 18.5 Å². The molecule has 0 unspecified atom stereocenters. The van der Waals surface area contributed by atoms with E-state index >= 15 is 0 Å². The van der Waals surface area contributed by atoms with Crippen LogP contribution in [0.1, 0.15) is 11.1 Å². The molecule has 0 aliphatic rings. The Morgan fingerprint density at radius 2 is 1.96 bits per heavy atom. The first-order valence-corrected chi connectivity index (χ1v) is 9.35. The minimum atomic E-state index is -0.273. The molecule has 2 aromatic carbocycles. The van der Waals surface area contributed by atoms with Gasteiger partial charge in [0.25, 0.3) is 0 Å². The van der Waals surface area contributed by atoms with Gasteiger partial charge in [-0.15, -0.1) is 0 Å². The van der Waals surface area contributed by atoms with Crippen molar-refractivity contribution in [3.05, 3.63) is 71.7 Å². The molecule has 0 saturated carbocycles. The van der Waals surface area contributed by atoms with Gasteiger partial charge in [0, 0.05) is 6.54 Å². The maximum atomic E-state index is 13.0. The summed E-state index contributed by atoms with van der Waals surface area (Å²) in [4.78, 5) is 19.4. The van der Waals surface area contributed by atoms with Crippen molar-refractivity contribution in [3.8, 4) is 11.3 Å². The summed E-state index contributed by atoms with van der Waals surface area (Å²) in [6.07, 6.45) is 2.50. The second kappa shape index (κ2) is 8.67. The minimum Gasteiger partial charge on any atom is -0.355 e. The second-order valence-corrected chi connectivity index (χ2v) is 6.89. The first-order chi connectivity index (χ1) is 12.6. The molecule has 3 rings (SSSR count). The molecular weight excluding hydrogens is 349 g/mol. The highest BCUT2D eigenvalue weighted by molar-refractivity contribution is 7.99. The van der Waals surface area contributed by atoms with Crippen LogP contribution in [0.5, 0.6) is 0 Å². The van der Waals surface area contributed by atoms with Crippen LogP contribution in [0.4, 0.5) is 4.39 Å². The maximum absolute atomic E-state index is 13.0. The minimum absolute atomic E-state index is 0.0247. The number of H-pyrrole nitrogens is 1. The normalized spacial score (nSPS) is 10.7. The molecule has 26 heavy (non-hydrogen) atoms. The summed E-state index contributed by atoms with van der Waals surface area (Å²) in [5.74, 6) is -0.00186. The predicted octanol–water partition coefficient (Wildman–Crippen LogP) is 3.98. The van der Waals surface area contributed by atoms with Gasteiger partial charge >= 0.3 is 0 Å². The van der Waals surface area contributed by atoms with E-state index in [1.165, 1.54) is 35.0 Å². The fourth-order valence-electron chi connectivity index (χ4n) is 2.56. The van der Waals surface area contributed by atoms with Crippen LogP contribution >= 0.6 is 11.8 Å². The fourth-order valence-corrected chi connectivity index (χ4v) is 3.24. The molecule has 3 aromatic rings. The summed E-state index contributed by atoms with van der Waals surface area (Å²) in [5.41, 5.74) is 4.14. The number of aromatic nitrogens is 2. The number of amides is 1. The third-order valence-electron chi connectivity index (χ3n) is 4.03. The number of hydrogen-bond donors (Lipinski definition) is 2. The molecule has 0 spiro atoms. The van der Waals surface area contributed by atoms with E-state index in [0.29, 0.717) is 17.5 Å². The van der Waals surface area contributed by atoms with E-state index in [2.05, 4.69) is 34.3 Å². The van der Waals surface area contributed by atoms with Gasteiger partial charge in [-0.25, -0.2) is 9.37 Å².